The number of halogens is 1. The van der Waals surface area contributed by atoms with Gasteiger partial charge in [0.2, 0.25) is 0 Å². The molecule has 0 aromatic heterocycles. The maximum Gasteiger partial charge on any atom is 0.255 e. The number of carbonyl (C=O) groups excluding carboxylic acids is 1. The van der Waals surface area contributed by atoms with Crippen LogP contribution in [-0.2, 0) is 0 Å². The highest BCUT2D eigenvalue weighted by Crippen LogP contribution is 2.29. The quantitative estimate of drug-likeness (QED) is 0.478. The average molecular weight is 408 g/mol. The minimum Gasteiger partial charge on any atom is -0.320 e. The summed E-state index contributed by atoms with van der Waals surface area (Å²) in [4.78, 5) is 12.5. The van der Waals surface area contributed by atoms with Crippen molar-refractivity contribution in [2.24, 2.45) is 10.2 Å². The highest BCUT2D eigenvalue weighted by molar-refractivity contribution is 9.10. The summed E-state index contributed by atoms with van der Waals surface area (Å²) >= 11 is 3.37. The second-order valence-electron chi connectivity index (χ2n) is 6.02. The Morgan fingerprint density at radius 3 is 2.19 bits per heavy atom. The summed E-state index contributed by atoms with van der Waals surface area (Å²) in [7, 11) is 0. The topological polar surface area (TPSA) is 53.8 Å². The molecule has 0 unspecified atom stereocenters. The fourth-order valence-electron chi connectivity index (χ4n) is 2.35. The van der Waals surface area contributed by atoms with Gasteiger partial charge in [-0.3, -0.25) is 4.79 Å². The maximum absolute atomic E-state index is 12.5. The molecule has 26 heavy (non-hydrogen) atoms. The lowest BCUT2D eigenvalue weighted by molar-refractivity contribution is 0.102. The highest BCUT2D eigenvalue weighted by Gasteiger charge is 2.09. The third-order valence-corrected chi connectivity index (χ3v) is 4.34. The third kappa shape index (κ3) is 4.64. The van der Waals surface area contributed by atoms with Gasteiger partial charge in [0.25, 0.3) is 5.91 Å². The van der Waals surface area contributed by atoms with Crippen LogP contribution in [0.3, 0.4) is 0 Å². The van der Waals surface area contributed by atoms with Gasteiger partial charge in [0.05, 0.1) is 11.4 Å². The number of hydrogen-bond acceptors (Lipinski definition) is 3. The second-order valence-corrected chi connectivity index (χ2v) is 6.93. The zero-order chi connectivity index (χ0) is 18.5. The number of azo groups is 1. The number of amides is 1. The van der Waals surface area contributed by atoms with Gasteiger partial charge in [-0.2, -0.15) is 5.11 Å². The fourth-order valence-corrected chi connectivity index (χ4v) is 2.61. The predicted molar refractivity (Wildman–Crippen MR) is 109 cm³/mol. The summed E-state index contributed by atoms with van der Waals surface area (Å²) in [5, 5.41) is 11.5. The average Bonchev–Trinajstić information content (AvgIpc) is 2.63. The Bertz CT molecular complexity index is 948. The molecule has 5 heteroatoms. The number of aryl methyl sites for hydroxylation is 2. The van der Waals surface area contributed by atoms with Gasteiger partial charge >= 0.3 is 0 Å². The third-order valence-electron chi connectivity index (χ3n) is 3.82. The first kappa shape index (κ1) is 18.0. The largest absolute Gasteiger partial charge is 0.320 e. The molecular weight excluding hydrogens is 390 g/mol. The number of carbonyl (C=O) groups is 1. The number of nitrogens with one attached hydrogen (secondary N) is 1. The van der Waals surface area contributed by atoms with Crippen LogP contribution in [0, 0.1) is 13.8 Å². The standard InChI is InChI=1S/C21H18BrN3O/c1-14-3-10-18(11-4-14)24-25-20-13-15(2)5-12-19(20)23-21(26)16-6-8-17(22)9-7-16/h3-13H,1-2H3,(H,23,26). The molecule has 0 atom stereocenters. The van der Waals surface area contributed by atoms with Crippen LogP contribution in [0.2, 0.25) is 0 Å². The Hall–Kier alpha value is -2.79. The maximum atomic E-state index is 12.5. The van der Waals surface area contributed by atoms with E-state index in [0.717, 1.165) is 15.7 Å². The Labute approximate surface area is 161 Å². The molecule has 1 N–H and O–H groups in total. The van der Waals surface area contributed by atoms with Gasteiger partial charge in [-0.15, -0.1) is 5.11 Å². The van der Waals surface area contributed by atoms with Crippen LogP contribution in [-0.4, -0.2) is 5.91 Å². The zero-order valence-electron chi connectivity index (χ0n) is 14.5. The molecule has 130 valence electrons. The number of hydrogen-bond donors (Lipinski definition) is 1. The van der Waals surface area contributed by atoms with Gasteiger partial charge in [0.1, 0.15) is 5.69 Å². The van der Waals surface area contributed by atoms with Crippen LogP contribution in [0.15, 0.2) is 81.4 Å². The van der Waals surface area contributed by atoms with Crippen molar-refractivity contribution in [2.75, 3.05) is 5.32 Å². The molecule has 1 amide bonds. The van der Waals surface area contributed by atoms with Crippen molar-refractivity contribution in [1.29, 1.82) is 0 Å². The number of anilines is 1. The summed E-state index contributed by atoms with van der Waals surface area (Å²) < 4.78 is 0.928. The van der Waals surface area contributed by atoms with Crippen molar-refractivity contribution < 1.29 is 4.79 Å². The van der Waals surface area contributed by atoms with Crippen molar-refractivity contribution in [3.8, 4) is 0 Å². The van der Waals surface area contributed by atoms with E-state index in [-0.39, 0.29) is 5.91 Å². The summed E-state index contributed by atoms with van der Waals surface area (Å²) in [5.74, 6) is -0.187. The fraction of sp³-hybridized carbons (Fsp3) is 0.0952. The molecule has 0 saturated carbocycles. The monoisotopic (exact) mass is 407 g/mol. The van der Waals surface area contributed by atoms with E-state index in [1.807, 2.05) is 68.4 Å². The molecule has 0 aliphatic heterocycles. The molecular formula is C21H18BrN3O. The van der Waals surface area contributed by atoms with E-state index >= 15 is 0 Å². The van der Waals surface area contributed by atoms with Crippen LogP contribution >= 0.6 is 15.9 Å². The molecule has 4 nitrogen and oxygen atoms in total. The Morgan fingerprint density at radius 1 is 0.846 bits per heavy atom. The van der Waals surface area contributed by atoms with E-state index in [1.54, 1.807) is 12.1 Å². The summed E-state index contributed by atoms with van der Waals surface area (Å²) in [6.07, 6.45) is 0. The van der Waals surface area contributed by atoms with E-state index in [1.165, 1.54) is 5.56 Å². The lowest BCUT2D eigenvalue weighted by Crippen LogP contribution is -2.11. The molecule has 0 bridgehead atoms. The van der Waals surface area contributed by atoms with Gasteiger partial charge in [0.15, 0.2) is 0 Å². The summed E-state index contributed by atoms with van der Waals surface area (Å²) in [6.45, 7) is 4.00. The predicted octanol–water partition coefficient (Wildman–Crippen LogP) is 6.73. The van der Waals surface area contributed by atoms with Crippen LogP contribution < -0.4 is 5.32 Å². The van der Waals surface area contributed by atoms with Gasteiger partial charge in [-0.05, 0) is 67.9 Å². The van der Waals surface area contributed by atoms with E-state index in [2.05, 4.69) is 31.5 Å². The number of benzene rings is 3. The Morgan fingerprint density at radius 2 is 1.50 bits per heavy atom. The molecule has 0 radical (unpaired) electrons. The van der Waals surface area contributed by atoms with Crippen molar-refractivity contribution in [2.45, 2.75) is 13.8 Å². The zero-order valence-corrected chi connectivity index (χ0v) is 16.1. The smallest absolute Gasteiger partial charge is 0.255 e. The minimum absolute atomic E-state index is 0.187. The minimum atomic E-state index is -0.187. The van der Waals surface area contributed by atoms with Gasteiger partial charge < -0.3 is 5.32 Å². The van der Waals surface area contributed by atoms with Gasteiger partial charge in [-0.1, -0.05) is 39.7 Å². The normalized spacial score (nSPS) is 10.9. The summed E-state index contributed by atoms with van der Waals surface area (Å²) in [5.41, 5.74) is 4.80. The molecule has 3 aromatic carbocycles. The first-order valence-electron chi connectivity index (χ1n) is 8.17. The van der Waals surface area contributed by atoms with Crippen molar-refractivity contribution >= 4 is 38.9 Å². The van der Waals surface area contributed by atoms with Gasteiger partial charge in [-0.25, -0.2) is 0 Å². The number of rotatable bonds is 4. The SMILES string of the molecule is Cc1ccc(N=Nc2cc(C)ccc2NC(=O)c2ccc(Br)cc2)cc1. The highest BCUT2D eigenvalue weighted by atomic mass is 79.9. The van der Waals surface area contributed by atoms with Gasteiger partial charge in [0, 0.05) is 10.0 Å². The van der Waals surface area contributed by atoms with Crippen LogP contribution in [0.25, 0.3) is 0 Å². The molecule has 0 saturated heterocycles. The molecule has 3 aromatic rings. The van der Waals surface area contributed by atoms with E-state index < -0.39 is 0 Å². The Balaban J connectivity index is 1.84. The van der Waals surface area contributed by atoms with Crippen molar-refractivity contribution in [3.63, 3.8) is 0 Å². The first-order valence-corrected chi connectivity index (χ1v) is 8.96. The summed E-state index contributed by atoms with van der Waals surface area (Å²) in [6, 6.07) is 20.7. The molecule has 0 spiro atoms. The molecule has 0 fully saturated rings. The first-order chi connectivity index (χ1) is 12.5. The second kappa shape index (κ2) is 8.06. The Kier molecular flexibility index (Phi) is 5.58. The van der Waals surface area contributed by atoms with Crippen LogP contribution in [0.1, 0.15) is 21.5 Å². The van der Waals surface area contributed by atoms with E-state index in [9.17, 15) is 4.79 Å². The lowest BCUT2D eigenvalue weighted by Gasteiger charge is -2.09. The molecule has 0 aliphatic rings. The molecule has 0 aliphatic carbocycles. The van der Waals surface area contributed by atoms with Crippen molar-refractivity contribution in [3.05, 3.63) is 87.9 Å². The van der Waals surface area contributed by atoms with Crippen LogP contribution in [0.5, 0.6) is 0 Å². The van der Waals surface area contributed by atoms with E-state index in [0.29, 0.717) is 16.9 Å². The van der Waals surface area contributed by atoms with Crippen LogP contribution in [0.4, 0.5) is 17.1 Å². The van der Waals surface area contributed by atoms with E-state index in [4.69, 9.17) is 0 Å². The lowest BCUT2D eigenvalue weighted by atomic mass is 10.1. The molecule has 0 heterocycles. The molecule has 3 rings (SSSR count). The van der Waals surface area contributed by atoms with Crippen molar-refractivity contribution in [1.82, 2.24) is 0 Å². The number of nitrogens with zero attached hydrogens (tertiary/aromatic N) is 2.